The summed E-state index contributed by atoms with van der Waals surface area (Å²) in [7, 11) is -2.73. The highest BCUT2D eigenvalue weighted by molar-refractivity contribution is 9.10. The van der Waals surface area contributed by atoms with Gasteiger partial charge in [-0.05, 0) is 60.9 Å². The second kappa shape index (κ2) is 14.0. The lowest BCUT2D eigenvalue weighted by Crippen LogP contribution is -2.51. The first-order chi connectivity index (χ1) is 18.9. The van der Waals surface area contributed by atoms with Gasteiger partial charge in [0, 0.05) is 17.6 Å². The van der Waals surface area contributed by atoms with Crippen LogP contribution in [0.4, 0.5) is 5.69 Å². The maximum atomic E-state index is 13.9. The van der Waals surface area contributed by atoms with Gasteiger partial charge in [-0.25, -0.2) is 8.42 Å². The Kier molecular flexibility index (Phi) is 11.0. The van der Waals surface area contributed by atoms with Gasteiger partial charge in [0.05, 0.1) is 22.7 Å². The van der Waals surface area contributed by atoms with Crippen molar-refractivity contribution in [2.75, 3.05) is 24.5 Å². The van der Waals surface area contributed by atoms with Crippen molar-refractivity contribution in [3.05, 3.63) is 87.9 Å². The van der Waals surface area contributed by atoms with Crippen molar-refractivity contribution in [3.8, 4) is 5.75 Å². The summed E-state index contributed by atoms with van der Waals surface area (Å²) in [5.74, 6) is -0.301. The van der Waals surface area contributed by atoms with E-state index in [1.165, 1.54) is 42.3 Å². The molecule has 11 heteroatoms. The van der Waals surface area contributed by atoms with E-state index < -0.39 is 28.5 Å². The van der Waals surface area contributed by atoms with Crippen LogP contribution in [0.5, 0.6) is 5.75 Å². The minimum Gasteiger partial charge on any atom is -0.495 e. The van der Waals surface area contributed by atoms with Crippen LogP contribution in [0.25, 0.3) is 0 Å². The van der Waals surface area contributed by atoms with Gasteiger partial charge in [-0.2, -0.15) is 0 Å². The third-order valence-corrected chi connectivity index (χ3v) is 8.76. The van der Waals surface area contributed by atoms with Crippen molar-refractivity contribution >= 4 is 55.1 Å². The zero-order chi connectivity index (χ0) is 29.4. The summed E-state index contributed by atoms with van der Waals surface area (Å²) in [4.78, 5) is 28.4. The zero-order valence-corrected chi connectivity index (χ0v) is 26.0. The van der Waals surface area contributed by atoms with Gasteiger partial charge in [0.2, 0.25) is 11.8 Å². The molecular weight excluding hydrogens is 618 g/mol. The Bertz CT molecular complexity index is 1420. The predicted octanol–water partition coefficient (Wildman–Crippen LogP) is 5.50. The molecule has 0 heterocycles. The van der Waals surface area contributed by atoms with Crippen molar-refractivity contribution in [1.29, 1.82) is 0 Å². The monoisotopic (exact) mass is 649 g/mol. The van der Waals surface area contributed by atoms with Crippen LogP contribution >= 0.6 is 27.5 Å². The second-order valence-corrected chi connectivity index (χ2v) is 12.8. The summed E-state index contributed by atoms with van der Waals surface area (Å²) in [6, 6.07) is 18.8. The third-order valence-electron chi connectivity index (χ3n) is 6.15. The summed E-state index contributed by atoms with van der Waals surface area (Å²) >= 11 is 9.75. The Balaban J connectivity index is 2.03. The van der Waals surface area contributed by atoms with E-state index in [-0.39, 0.29) is 34.0 Å². The van der Waals surface area contributed by atoms with E-state index in [1.54, 1.807) is 25.1 Å². The third kappa shape index (κ3) is 7.99. The van der Waals surface area contributed by atoms with E-state index in [0.29, 0.717) is 12.3 Å². The molecule has 0 aliphatic heterocycles. The average molecular weight is 651 g/mol. The molecule has 214 valence electrons. The van der Waals surface area contributed by atoms with Gasteiger partial charge in [0.1, 0.15) is 18.3 Å². The van der Waals surface area contributed by atoms with Crippen LogP contribution in [0, 0.1) is 5.92 Å². The topological polar surface area (TPSA) is 96.0 Å². The molecule has 0 aromatic heterocycles. The number of methoxy groups -OCH3 is 1. The van der Waals surface area contributed by atoms with Crippen LogP contribution in [0.2, 0.25) is 5.02 Å². The van der Waals surface area contributed by atoms with Crippen LogP contribution in [0.3, 0.4) is 0 Å². The van der Waals surface area contributed by atoms with Crippen molar-refractivity contribution in [2.45, 2.75) is 38.3 Å². The maximum absolute atomic E-state index is 13.9. The molecule has 0 spiro atoms. The van der Waals surface area contributed by atoms with E-state index in [0.717, 1.165) is 14.3 Å². The largest absolute Gasteiger partial charge is 0.495 e. The van der Waals surface area contributed by atoms with E-state index in [1.807, 2.05) is 38.1 Å². The number of hydrogen-bond donors (Lipinski definition) is 1. The molecular formula is C29H33BrClN3O5S. The number of nitrogens with zero attached hydrogens (tertiary/aromatic N) is 2. The number of anilines is 1. The standard InChI is InChI=1S/C29H33BrClN3O5S/c1-20(2)17-32-29(36)21(3)33(18-22-10-12-23(30)13-11-22)28(35)19-34(24-14-15-27(39-4)26(31)16-24)40(37,38)25-8-6-5-7-9-25/h5-16,20-21H,17-19H2,1-4H3,(H,32,36)/t21-/m0/s1. The quantitative estimate of drug-likeness (QED) is 0.280. The van der Waals surface area contributed by atoms with Gasteiger partial charge in [0.15, 0.2) is 0 Å². The lowest BCUT2D eigenvalue weighted by molar-refractivity contribution is -0.139. The van der Waals surface area contributed by atoms with Gasteiger partial charge in [-0.1, -0.05) is 71.7 Å². The maximum Gasteiger partial charge on any atom is 0.264 e. The molecule has 0 saturated carbocycles. The zero-order valence-electron chi connectivity index (χ0n) is 22.8. The average Bonchev–Trinajstić information content (AvgIpc) is 2.94. The molecule has 0 bridgehead atoms. The Morgan fingerprint density at radius 1 is 1.00 bits per heavy atom. The number of benzene rings is 3. The Labute approximate surface area is 249 Å². The van der Waals surface area contributed by atoms with E-state index in [9.17, 15) is 18.0 Å². The molecule has 0 aliphatic rings. The number of sulfonamides is 1. The Morgan fingerprint density at radius 2 is 1.65 bits per heavy atom. The number of amides is 2. The summed E-state index contributed by atoms with van der Waals surface area (Å²) in [6.07, 6.45) is 0. The molecule has 0 fully saturated rings. The first-order valence-electron chi connectivity index (χ1n) is 12.7. The summed E-state index contributed by atoms with van der Waals surface area (Å²) in [5.41, 5.74) is 0.966. The first kappa shape index (κ1) is 31.4. The van der Waals surface area contributed by atoms with Crippen molar-refractivity contribution in [2.24, 2.45) is 5.92 Å². The van der Waals surface area contributed by atoms with Gasteiger partial charge < -0.3 is 15.0 Å². The molecule has 3 rings (SSSR count). The van der Waals surface area contributed by atoms with Crippen LogP contribution in [0.15, 0.2) is 82.2 Å². The number of carbonyl (C=O) groups excluding carboxylic acids is 2. The van der Waals surface area contributed by atoms with E-state index >= 15 is 0 Å². The molecule has 2 amide bonds. The molecule has 40 heavy (non-hydrogen) atoms. The number of rotatable bonds is 12. The molecule has 3 aromatic rings. The molecule has 3 aromatic carbocycles. The van der Waals surface area contributed by atoms with E-state index in [4.69, 9.17) is 16.3 Å². The fraction of sp³-hybridized carbons (Fsp3) is 0.310. The van der Waals surface area contributed by atoms with Crippen LogP contribution in [-0.4, -0.2) is 51.4 Å². The summed E-state index contributed by atoms with van der Waals surface area (Å²) < 4.78 is 34.8. The number of nitrogens with one attached hydrogen (secondary N) is 1. The highest BCUT2D eigenvalue weighted by atomic mass is 79.9. The number of ether oxygens (including phenoxy) is 1. The molecule has 0 saturated heterocycles. The summed E-state index contributed by atoms with van der Waals surface area (Å²) in [5, 5.41) is 3.06. The molecule has 0 radical (unpaired) electrons. The lowest BCUT2D eigenvalue weighted by atomic mass is 10.1. The molecule has 0 aliphatic carbocycles. The SMILES string of the molecule is COc1ccc(N(CC(=O)N(Cc2ccc(Br)cc2)[C@@H](C)C(=O)NCC(C)C)S(=O)(=O)c2ccccc2)cc1Cl. The Hall–Kier alpha value is -3.08. The minimum atomic E-state index is -4.19. The van der Waals surface area contributed by atoms with Crippen LogP contribution < -0.4 is 14.4 Å². The predicted molar refractivity (Wildman–Crippen MR) is 161 cm³/mol. The highest BCUT2D eigenvalue weighted by Crippen LogP contribution is 2.32. The second-order valence-electron chi connectivity index (χ2n) is 9.61. The van der Waals surface area contributed by atoms with Crippen molar-refractivity contribution in [3.63, 3.8) is 0 Å². The summed E-state index contributed by atoms with van der Waals surface area (Å²) in [6.45, 7) is 5.57. The van der Waals surface area contributed by atoms with E-state index in [2.05, 4.69) is 21.2 Å². The molecule has 1 N–H and O–H groups in total. The Morgan fingerprint density at radius 3 is 2.23 bits per heavy atom. The normalized spacial score (nSPS) is 12.1. The van der Waals surface area contributed by atoms with Crippen molar-refractivity contribution < 1.29 is 22.7 Å². The van der Waals surface area contributed by atoms with Crippen LogP contribution in [-0.2, 0) is 26.2 Å². The highest BCUT2D eigenvalue weighted by Gasteiger charge is 2.32. The molecule has 1 atom stereocenters. The van der Waals surface area contributed by atoms with Gasteiger partial charge in [-0.15, -0.1) is 0 Å². The smallest absolute Gasteiger partial charge is 0.264 e. The van der Waals surface area contributed by atoms with Crippen molar-refractivity contribution in [1.82, 2.24) is 10.2 Å². The number of halogens is 2. The molecule has 8 nitrogen and oxygen atoms in total. The van der Waals surface area contributed by atoms with Gasteiger partial charge in [0.25, 0.3) is 10.0 Å². The fourth-order valence-electron chi connectivity index (χ4n) is 3.88. The number of hydrogen-bond acceptors (Lipinski definition) is 5. The first-order valence-corrected chi connectivity index (χ1v) is 15.3. The number of carbonyl (C=O) groups is 2. The lowest BCUT2D eigenvalue weighted by Gasteiger charge is -2.32. The fourth-order valence-corrected chi connectivity index (χ4v) is 5.82. The van der Waals surface area contributed by atoms with Gasteiger partial charge in [-0.3, -0.25) is 13.9 Å². The van der Waals surface area contributed by atoms with Gasteiger partial charge >= 0.3 is 0 Å². The van der Waals surface area contributed by atoms with Crippen LogP contribution in [0.1, 0.15) is 26.3 Å². The minimum absolute atomic E-state index is 0.0110. The molecule has 0 unspecified atom stereocenters.